The zero-order valence-electron chi connectivity index (χ0n) is 11.4. The van der Waals surface area contributed by atoms with Crippen LogP contribution >= 0.6 is 11.8 Å². The number of nitrogens with two attached hydrogens (primary N) is 1. The van der Waals surface area contributed by atoms with Crippen molar-refractivity contribution in [2.24, 2.45) is 5.73 Å². The van der Waals surface area contributed by atoms with E-state index >= 15 is 0 Å². The molecule has 2 N–H and O–H groups in total. The third kappa shape index (κ3) is 2.28. The summed E-state index contributed by atoms with van der Waals surface area (Å²) in [6, 6.07) is 7.89. The number of aromatic nitrogens is 4. The van der Waals surface area contributed by atoms with Crippen LogP contribution in [0.2, 0.25) is 0 Å². The van der Waals surface area contributed by atoms with Crippen molar-refractivity contribution in [3.8, 4) is 0 Å². The molecule has 0 aliphatic carbocycles. The summed E-state index contributed by atoms with van der Waals surface area (Å²) in [5, 5.41) is 9.23. The van der Waals surface area contributed by atoms with Crippen molar-refractivity contribution in [1.82, 2.24) is 19.6 Å². The molecule has 0 saturated heterocycles. The van der Waals surface area contributed by atoms with E-state index in [1.165, 1.54) is 0 Å². The van der Waals surface area contributed by atoms with Gasteiger partial charge in [-0.05, 0) is 43.8 Å². The highest BCUT2D eigenvalue weighted by atomic mass is 32.2. The average Bonchev–Trinajstić information content (AvgIpc) is 2.82. The average molecular weight is 285 g/mol. The predicted molar refractivity (Wildman–Crippen MR) is 78.7 cm³/mol. The summed E-state index contributed by atoms with van der Waals surface area (Å²) in [7, 11) is 0. The lowest BCUT2D eigenvalue weighted by Gasteiger charge is -2.10. The summed E-state index contributed by atoms with van der Waals surface area (Å²) in [5.74, 6) is 0. The minimum absolute atomic E-state index is 0.470. The first-order valence-electron chi connectivity index (χ1n) is 6.34. The Kier molecular flexibility index (Phi) is 3.42. The van der Waals surface area contributed by atoms with E-state index in [0.717, 1.165) is 32.7 Å². The van der Waals surface area contributed by atoms with Crippen LogP contribution in [0, 0.1) is 13.8 Å². The summed E-state index contributed by atoms with van der Waals surface area (Å²) >= 11 is 1.57. The Morgan fingerprint density at radius 1 is 1.25 bits per heavy atom. The van der Waals surface area contributed by atoms with E-state index in [2.05, 4.69) is 15.2 Å². The van der Waals surface area contributed by atoms with Crippen molar-refractivity contribution in [3.63, 3.8) is 0 Å². The second kappa shape index (κ2) is 5.22. The van der Waals surface area contributed by atoms with Gasteiger partial charge in [-0.2, -0.15) is 0 Å². The molecule has 0 aromatic carbocycles. The van der Waals surface area contributed by atoms with Gasteiger partial charge in [-0.1, -0.05) is 6.07 Å². The van der Waals surface area contributed by atoms with Crippen LogP contribution in [-0.2, 0) is 6.54 Å². The third-order valence-electron chi connectivity index (χ3n) is 3.11. The first-order valence-corrected chi connectivity index (χ1v) is 7.15. The lowest BCUT2D eigenvalue weighted by Crippen LogP contribution is -2.04. The molecule has 0 aliphatic heterocycles. The molecule has 0 aliphatic rings. The highest BCUT2D eigenvalue weighted by Crippen LogP contribution is 2.31. The van der Waals surface area contributed by atoms with Crippen molar-refractivity contribution >= 4 is 17.4 Å². The van der Waals surface area contributed by atoms with Crippen LogP contribution in [0.25, 0.3) is 5.65 Å². The highest BCUT2D eigenvalue weighted by Gasteiger charge is 2.12. The van der Waals surface area contributed by atoms with Gasteiger partial charge in [-0.3, -0.25) is 9.38 Å². The maximum absolute atomic E-state index is 5.85. The number of aryl methyl sites for hydroxylation is 2. The van der Waals surface area contributed by atoms with Crippen LogP contribution in [0.15, 0.2) is 40.5 Å². The standard InChI is InChI=1S/C14H15N5S/c1-9-7-12(11(8-15)10(2)16-9)20-14-18-17-13-5-3-4-6-19(13)14/h3-7H,8,15H2,1-2H3. The number of hydrogen-bond acceptors (Lipinski definition) is 5. The van der Waals surface area contributed by atoms with Gasteiger partial charge in [0.2, 0.25) is 0 Å². The summed E-state index contributed by atoms with van der Waals surface area (Å²) in [6.45, 7) is 4.44. The van der Waals surface area contributed by atoms with Crippen molar-refractivity contribution in [2.75, 3.05) is 0 Å². The van der Waals surface area contributed by atoms with Crippen LogP contribution < -0.4 is 5.73 Å². The molecule has 0 bridgehead atoms. The second-order valence-electron chi connectivity index (χ2n) is 4.54. The van der Waals surface area contributed by atoms with Gasteiger partial charge < -0.3 is 5.73 Å². The summed E-state index contributed by atoms with van der Waals surface area (Å²) in [6.07, 6.45) is 1.96. The minimum Gasteiger partial charge on any atom is -0.326 e. The molecule has 6 heteroatoms. The monoisotopic (exact) mass is 285 g/mol. The Labute approximate surface area is 121 Å². The number of pyridine rings is 2. The van der Waals surface area contributed by atoms with Crippen LogP contribution in [0.1, 0.15) is 17.0 Å². The number of hydrogen-bond donors (Lipinski definition) is 1. The summed E-state index contributed by atoms with van der Waals surface area (Å²) < 4.78 is 1.97. The summed E-state index contributed by atoms with van der Waals surface area (Å²) in [4.78, 5) is 5.55. The summed E-state index contributed by atoms with van der Waals surface area (Å²) in [5.41, 5.74) is 9.71. The molecule has 3 aromatic heterocycles. The van der Waals surface area contributed by atoms with Crippen molar-refractivity contribution in [2.45, 2.75) is 30.4 Å². The molecule has 5 nitrogen and oxygen atoms in total. The van der Waals surface area contributed by atoms with E-state index in [4.69, 9.17) is 5.73 Å². The van der Waals surface area contributed by atoms with E-state index in [1.807, 2.05) is 48.7 Å². The van der Waals surface area contributed by atoms with Gasteiger partial charge in [0.15, 0.2) is 10.8 Å². The maximum Gasteiger partial charge on any atom is 0.200 e. The Bertz CT molecular complexity index is 765. The van der Waals surface area contributed by atoms with Crippen LogP contribution in [-0.4, -0.2) is 19.6 Å². The fourth-order valence-electron chi connectivity index (χ4n) is 2.15. The molecule has 102 valence electrons. The molecule has 20 heavy (non-hydrogen) atoms. The molecule has 0 atom stereocenters. The molecule has 3 heterocycles. The Hall–Kier alpha value is -1.92. The van der Waals surface area contributed by atoms with E-state index < -0.39 is 0 Å². The third-order valence-corrected chi connectivity index (χ3v) is 4.15. The molecule has 0 radical (unpaired) electrons. The van der Waals surface area contributed by atoms with Crippen molar-refractivity contribution in [1.29, 1.82) is 0 Å². The topological polar surface area (TPSA) is 69.1 Å². The molecule has 0 unspecified atom stereocenters. The normalized spacial score (nSPS) is 11.2. The number of fused-ring (bicyclic) bond motifs is 1. The van der Waals surface area contributed by atoms with Gasteiger partial charge in [0, 0.05) is 34.6 Å². The lowest BCUT2D eigenvalue weighted by molar-refractivity contribution is 0.909. The van der Waals surface area contributed by atoms with Gasteiger partial charge in [-0.25, -0.2) is 0 Å². The maximum atomic E-state index is 5.85. The van der Waals surface area contributed by atoms with Crippen LogP contribution in [0.3, 0.4) is 0 Å². The van der Waals surface area contributed by atoms with E-state index in [-0.39, 0.29) is 0 Å². The quantitative estimate of drug-likeness (QED) is 0.800. The zero-order valence-corrected chi connectivity index (χ0v) is 12.2. The Morgan fingerprint density at radius 3 is 2.90 bits per heavy atom. The van der Waals surface area contributed by atoms with Crippen molar-refractivity contribution < 1.29 is 0 Å². The molecular weight excluding hydrogens is 270 g/mol. The molecular formula is C14H15N5S. The Balaban J connectivity index is 2.07. The molecule has 3 rings (SSSR count). The fourth-order valence-corrected chi connectivity index (χ4v) is 3.26. The van der Waals surface area contributed by atoms with E-state index in [0.29, 0.717) is 6.54 Å². The lowest BCUT2D eigenvalue weighted by atomic mass is 10.2. The number of nitrogens with zero attached hydrogens (tertiary/aromatic N) is 4. The molecule has 0 amide bonds. The van der Waals surface area contributed by atoms with Gasteiger partial charge in [0.25, 0.3) is 0 Å². The minimum atomic E-state index is 0.470. The predicted octanol–water partition coefficient (Wildman–Crippen LogP) is 2.35. The largest absolute Gasteiger partial charge is 0.326 e. The fraction of sp³-hybridized carbons (Fsp3) is 0.214. The van der Waals surface area contributed by atoms with E-state index in [1.54, 1.807) is 11.8 Å². The smallest absolute Gasteiger partial charge is 0.200 e. The molecule has 0 fully saturated rings. The highest BCUT2D eigenvalue weighted by molar-refractivity contribution is 7.99. The number of rotatable bonds is 3. The van der Waals surface area contributed by atoms with Crippen LogP contribution in [0.4, 0.5) is 0 Å². The molecule has 0 saturated carbocycles. The zero-order chi connectivity index (χ0) is 14.1. The van der Waals surface area contributed by atoms with Gasteiger partial charge in [0.05, 0.1) is 0 Å². The van der Waals surface area contributed by atoms with E-state index in [9.17, 15) is 0 Å². The van der Waals surface area contributed by atoms with Gasteiger partial charge in [-0.15, -0.1) is 10.2 Å². The van der Waals surface area contributed by atoms with Gasteiger partial charge >= 0.3 is 0 Å². The van der Waals surface area contributed by atoms with Crippen molar-refractivity contribution in [3.05, 3.63) is 47.4 Å². The van der Waals surface area contributed by atoms with Crippen LogP contribution in [0.5, 0.6) is 0 Å². The first-order chi connectivity index (χ1) is 9.69. The molecule has 3 aromatic rings. The first kappa shape index (κ1) is 13.1. The SMILES string of the molecule is Cc1cc(Sc2nnc3ccccn23)c(CN)c(C)n1. The Morgan fingerprint density at radius 2 is 2.10 bits per heavy atom. The van der Waals surface area contributed by atoms with Gasteiger partial charge in [0.1, 0.15) is 0 Å². The second-order valence-corrected chi connectivity index (χ2v) is 5.55. The molecule has 0 spiro atoms.